The summed E-state index contributed by atoms with van der Waals surface area (Å²) in [5, 5.41) is 4.39. The van der Waals surface area contributed by atoms with Crippen LogP contribution in [0.3, 0.4) is 0 Å². The first-order chi connectivity index (χ1) is 16.9. The van der Waals surface area contributed by atoms with Gasteiger partial charge in [0.2, 0.25) is 0 Å². The summed E-state index contributed by atoms with van der Waals surface area (Å²) in [5.41, 5.74) is 2.04. The largest absolute Gasteiger partial charge is 0.489 e. The number of carbonyl (C=O) groups excluding carboxylic acids is 2. The average molecular weight is 495 g/mol. The van der Waals surface area contributed by atoms with E-state index in [4.69, 9.17) is 9.47 Å². The Morgan fingerprint density at radius 2 is 1.74 bits per heavy atom. The van der Waals surface area contributed by atoms with Crippen LogP contribution in [0.4, 0.5) is 13.9 Å². The molecule has 1 amide bonds. The molecular weight excluding hydrogens is 474 g/mol. The van der Waals surface area contributed by atoms with Crippen LogP contribution in [0.25, 0.3) is 11.3 Å². The highest BCUT2D eigenvalue weighted by atomic mass is 32.1. The molecule has 0 aliphatic rings. The van der Waals surface area contributed by atoms with Gasteiger partial charge in [0.1, 0.15) is 12.4 Å². The van der Waals surface area contributed by atoms with Gasteiger partial charge in [-0.05, 0) is 55.0 Å². The van der Waals surface area contributed by atoms with Crippen molar-refractivity contribution in [3.63, 3.8) is 0 Å². The molecule has 0 aliphatic carbocycles. The fourth-order valence-electron chi connectivity index (χ4n) is 3.04. The molecule has 0 radical (unpaired) electrons. The van der Waals surface area contributed by atoms with Crippen LogP contribution in [0.15, 0.2) is 78.2 Å². The minimum Gasteiger partial charge on any atom is -0.489 e. The van der Waals surface area contributed by atoms with Gasteiger partial charge in [0.25, 0.3) is 5.91 Å². The van der Waals surface area contributed by atoms with Gasteiger partial charge in [-0.25, -0.2) is 18.6 Å². The number of halogens is 2. The lowest BCUT2D eigenvalue weighted by Crippen LogP contribution is -2.29. The SMILES string of the molecule is C[C@H](OC(=O)c1ccc(OCc2ccccc2)cc1)C(=O)Nc1nc(-c2ccc(F)c(F)c2)cs1. The van der Waals surface area contributed by atoms with Crippen molar-refractivity contribution in [2.45, 2.75) is 19.6 Å². The monoisotopic (exact) mass is 494 g/mol. The van der Waals surface area contributed by atoms with Crippen LogP contribution in [-0.4, -0.2) is 23.0 Å². The molecule has 0 bridgehead atoms. The van der Waals surface area contributed by atoms with Crippen molar-refractivity contribution in [3.05, 3.63) is 101 Å². The van der Waals surface area contributed by atoms with Gasteiger partial charge in [-0.1, -0.05) is 30.3 Å². The van der Waals surface area contributed by atoms with Gasteiger partial charge in [-0.15, -0.1) is 11.3 Å². The van der Waals surface area contributed by atoms with Crippen molar-refractivity contribution in [1.82, 2.24) is 4.98 Å². The molecule has 1 heterocycles. The first-order valence-electron chi connectivity index (χ1n) is 10.6. The second-order valence-corrected chi connectivity index (χ2v) is 8.36. The smallest absolute Gasteiger partial charge is 0.338 e. The maximum atomic E-state index is 13.5. The molecule has 1 N–H and O–H groups in total. The average Bonchev–Trinajstić information content (AvgIpc) is 3.33. The third-order valence-electron chi connectivity index (χ3n) is 4.94. The van der Waals surface area contributed by atoms with Crippen molar-refractivity contribution >= 4 is 28.3 Å². The zero-order valence-electron chi connectivity index (χ0n) is 18.5. The van der Waals surface area contributed by atoms with Gasteiger partial charge >= 0.3 is 5.97 Å². The Morgan fingerprint density at radius 3 is 2.46 bits per heavy atom. The first-order valence-corrected chi connectivity index (χ1v) is 11.5. The number of nitrogens with zero attached hydrogens (tertiary/aromatic N) is 1. The topological polar surface area (TPSA) is 77.5 Å². The van der Waals surface area contributed by atoms with Crippen LogP contribution in [0, 0.1) is 11.6 Å². The number of carbonyl (C=O) groups is 2. The highest BCUT2D eigenvalue weighted by Crippen LogP contribution is 2.26. The zero-order valence-corrected chi connectivity index (χ0v) is 19.4. The van der Waals surface area contributed by atoms with E-state index in [0.717, 1.165) is 29.0 Å². The number of hydrogen-bond acceptors (Lipinski definition) is 6. The highest BCUT2D eigenvalue weighted by Gasteiger charge is 2.20. The summed E-state index contributed by atoms with van der Waals surface area (Å²) < 4.78 is 37.5. The molecule has 1 atom stereocenters. The van der Waals surface area contributed by atoms with Crippen LogP contribution in [0.1, 0.15) is 22.8 Å². The van der Waals surface area contributed by atoms with Crippen molar-refractivity contribution in [3.8, 4) is 17.0 Å². The fraction of sp³-hybridized carbons (Fsp3) is 0.115. The standard InChI is InChI=1S/C26H20F2N2O4S/c1-16(24(31)30-26-29-23(15-35-26)19-9-12-21(27)22(28)13-19)34-25(32)18-7-10-20(11-8-18)33-14-17-5-3-2-4-6-17/h2-13,15-16H,14H2,1H3,(H,29,30,31)/t16-/m0/s1. The molecule has 0 aliphatic heterocycles. The van der Waals surface area contributed by atoms with Gasteiger partial charge in [0, 0.05) is 10.9 Å². The Bertz CT molecular complexity index is 1330. The minimum absolute atomic E-state index is 0.234. The molecule has 3 aromatic carbocycles. The van der Waals surface area contributed by atoms with E-state index >= 15 is 0 Å². The van der Waals surface area contributed by atoms with Crippen LogP contribution in [-0.2, 0) is 16.1 Å². The Balaban J connectivity index is 1.30. The lowest BCUT2D eigenvalue weighted by Gasteiger charge is -2.13. The van der Waals surface area contributed by atoms with E-state index in [0.29, 0.717) is 23.6 Å². The van der Waals surface area contributed by atoms with E-state index in [1.165, 1.54) is 13.0 Å². The molecule has 1 aromatic heterocycles. The quantitative estimate of drug-likeness (QED) is 0.311. The molecule has 9 heteroatoms. The van der Waals surface area contributed by atoms with Crippen molar-refractivity contribution in [2.75, 3.05) is 5.32 Å². The summed E-state index contributed by atoms with van der Waals surface area (Å²) in [6, 6.07) is 19.5. The highest BCUT2D eigenvalue weighted by molar-refractivity contribution is 7.14. The number of rotatable bonds is 8. The Morgan fingerprint density at radius 1 is 1.00 bits per heavy atom. The van der Waals surface area contributed by atoms with Crippen LogP contribution in [0.5, 0.6) is 5.75 Å². The number of ether oxygens (including phenoxy) is 2. The Kier molecular flexibility index (Phi) is 7.47. The van der Waals surface area contributed by atoms with Crippen LogP contribution in [0.2, 0.25) is 0 Å². The molecule has 0 unspecified atom stereocenters. The normalized spacial score (nSPS) is 11.5. The molecule has 178 valence electrons. The second kappa shape index (κ2) is 10.9. The summed E-state index contributed by atoms with van der Waals surface area (Å²) in [4.78, 5) is 29.1. The summed E-state index contributed by atoms with van der Waals surface area (Å²) in [5.74, 6) is -2.59. The van der Waals surface area contributed by atoms with Gasteiger partial charge in [-0.2, -0.15) is 0 Å². The van der Waals surface area contributed by atoms with Crippen LogP contribution >= 0.6 is 11.3 Å². The molecule has 4 rings (SSSR count). The molecule has 35 heavy (non-hydrogen) atoms. The third-order valence-corrected chi connectivity index (χ3v) is 5.70. The maximum Gasteiger partial charge on any atom is 0.338 e. The van der Waals surface area contributed by atoms with E-state index in [1.54, 1.807) is 29.6 Å². The van der Waals surface area contributed by atoms with Gasteiger partial charge < -0.3 is 9.47 Å². The number of benzene rings is 3. The van der Waals surface area contributed by atoms with Gasteiger partial charge in [-0.3, -0.25) is 10.1 Å². The lowest BCUT2D eigenvalue weighted by atomic mass is 10.2. The predicted octanol–water partition coefficient (Wildman–Crippen LogP) is 5.85. The van der Waals surface area contributed by atoms with Crippen molar-refractivity contribution in [2.24, 2.45) is 0 Å². The summed E-state index contributed by atoms with van der Waals surface area (Å²) >= 11 is 1.11. The zero-order chi connectivity index (χ0) is 24.8. The van der Waals surface area contributed by atoms with Crippen molar-refractivity contribution < 1.29 is 27.8 Å². The van der Waals surface area contributed by atoms with E-state index in [9.17, 15) is 18.4 Å². The molecule has 0 saturated carbocycles. The first kappa shape index (κ1) is 24.0. The third kappa shape index (κ3) is 6.27. The number of aromatic nitrogens is 1. The van der Waals surface area contributed by atoms with E-state index in [1.807, 2.05) is 30.3 Å². The predicted molar refractivity (Wildman–Crippen MR) is 128 cm³/mol. The molecule has 4 aromatic rings. The number of esters is 1. The summed E-state index contributed by atoms with van der Waals surface area (Å²) in [6.07, 6.45) is -1.09. The Hall–Kier alpha value is -4.11. The number of anilines is 1. The molecular formula is C26H20F2N2O4S. The minimum atomic E-state index is -1.09. The fourth-order valence-corrected chi connectivity index (χ4v) is 3.76. The second-order valence-electron chi connectivity index (χ2n) is 7.50. The lowest BCUT2D eigenvalue weighted by molar-refractivity contribution is -0.123. The van der Waals surface area contributed by atoms with Gasteiger partial charge in [0.15, 0.2) is 22.9 Å². The Labute approximate surface area is 204 Å². The van der Waals surface area contributed by atoms with E-state index in [-0.39, 0.29) is 10.7 Å². The summed E-state index contributed by atoms with van der Waals surface area (Å²) in [7, 11) is 0. The number of hydrogen-bond donors (Lipinski definition) is 1. The number of amides is 1. The van der Waals surface area contributed by atoms with Crippen molar-refractivity contribution in [1.29, 1.82) is 0 Å². The molecule has 0 spiro atoms. The number of nitrogens with one attached hydrogen (secondary N) is 1. The summed E-state index contributed by atoms with van der Waals surface area (Å²) in [6.45, 7) is 1.84. The maximum absolute atomic E-state index is 13.5. The van der Waals surface area contributed by atoms with Crippen LogP contribution < -0.4 is 10.1 Å². The van der Waals surface area contributed by atoms with E-state index < -0.39 is 29.6 Å². The van der Waals surface area contributed by atoms with Gasteiger partial charge in [0.05, 0.1) is 11.3 Å². The number of thiazole rings is 1. The molecule has 6 nitrogen and oxygen atoms in total. The van der Waals surface area contributed by atoms with E-state index in [2.05, 4.69) is 10.3 Å². The molecule has 0 saturated heterocycles. The molecule has 0 fully saturated rings.